The maximum Gasteiger partial charge on any atom is 0.127 e. The zero-order chi connectivity index (χ0) is 15.2. The summed E-state index contributed by atoms with van der Waals surface area (Å²) in [6, 6.07) is 11.8. The van der Waals surface area contributed by atoms with Gasteiger partial charge in [-0.25, -0.2) is 4.39 Å². The average Bonchev–Trinajstić information content (AvgIpc) is 2.48. The van der Waals surface area contributed by atoms with Gasteiger partial charge in [-0.2, -0.15) is 0 Å². The molecule has 2 nitrogen and oxygen atoms in total. The number of halogens is 3. The zero-order valence-electron chi connectivity index (χ0n) is 11.6. The standard InChI is InChI=1S/C16H16Cl2FNO/c1-20-12(9-14-15(18)3-2-4-16(14)19)10-21-13-7-5-11(17)6-8-13/h2-8,12,20H,9-10H2,1H3. The summed E-state index contributed by atoms with van der Waals surface area (Å²) in [5, 5.41) is 4.20. The van der Waals surface area contributed by atoms with E-state index in [1.54, 1.807) is 36.4 Å². The van der Waals surface area contributed by atoms with E-state index in [1.165, 1.54) is 6.07 Å². The predicted molar refractivity (Wildman–Crippen MR) is 84.9 cm³/mol. The van der Waals surface area contributed by atoms with Crippen LogP contribution in [0.5, 0.6) is 5.75 Å². The van der Waals surface area contributed by atoms with Crippen molar-refractivity contribution in [1.29, 1.82) is 0 Å². The van der Waals surface area contributed by atoms with Gasteiger partial charge in [0.15, 0.2) is 0 Å². The van der Waals surface area contributed by atoms with E-state index in [9.17, 15) is 4.39 Å². The lowest BCUT2D eigenvalue weighted by Crippen LogP contribution is -2.34. The third kappa shape index (κ3) is 4.60. The molecule has 21 heavy (non-hydrogen) atoms. The van der Waals surface area contributed by atoms with Gasteiger partial charge in [-0.1, -0.05) is 29.3 Å². The van der Waals surface area contributed by atoms with Crippen LogP contribution in [0, 0.1) is 5.82 Å². The monoisotopic (exact) mass is 327 g/mol. The first-order valence-corrected chi connectivity index (χ1v) is 7.34. The molecule has 0 aliphatic heterocycles. The Balaban J connectivity index is 1.98. The van der Waals surface area contributed by atoms with Crippen LogP contribution in [-0.4, -0.2) is 19.7 Å². The Morgan fingerprint density at radius 3 is 2.48 bits per heavy atom. The Morgan fingerprint density at radius 2 is 1.86 bits per heavy atom. The first-order chi connectivity index (χ1) is 10.1. The maximum absolute atomic E-state index is 13.8. The van der Waals surface area contributed by atoms with Crippen molar-refractivity contribution in [2.45, 2.75) is 12.5 Å². The lowest BCUT2D eigenvalue weighted by molar-refractivity contribution is 0.269. The molecule has 1 unspecified atom stereocenters. The Kier molecular flexibility index (Phi) is 5.85. The maximum atomic E-state index is 13.8. The molecule has 0 saturated carbocycles. The van der Waals surface area contributed by atoms with Crippen LogP contribution in [0.4, 0.5) is 4.39 Å². The van der Waals surface area contributed by atoms with Crippen LogP contribution in [0.1, 0.15) is 5.56 Å². The number of hydrogen-bond acceptors (Lipinski definition) is 2. The second-order valence-corrected chi connectivity index (χ2v) is 5.50. The van der Waals surface area contributed by atoms with Crippen LogP contribution in [0.3, 0.4) is 0 Å². The summed E-state index contributed by atoms with van der Waals surface area (Å²) in [5.41, 5.74) is 0.498. The van der Waals surface area contributed by atoms with E-state index in [1.807, 2.05) is 7.05 Å². The number of likely N-dealkylation sites (N-methyl/N-ethyl adjacent to an activating group) is 1. The Labute approximate surface area is 133 Å². The van der Waals surface area contributed by atoms with Crippen molar-refractivity contribution in [1.82, 2.24) is 5.32 Å². The molecular weight excluding hydrogens is 312 g/mol. The topological polar surface area (TPSA) is 21.3 Å². The van der Waals surface area contributed by atoms with Crippen LogP contribution in [0.25, 0.3) is 0 Å². The number of rotatable bonds is 6. The molecule has 0 bridgehead atoms. The highest BCUT2D eigenvalue weighted by atomic mass is 35.5. The molecule has 5 heteroatoms. The molecule has 2 aromatic carbocycles. The highest BCUT2D eigenvalue weighted by Crippen LogP contribution is 2.21. The van der Waals surface area contributed by atoms with E-state index in [-0.39, 0.29) is 11.9 Å². The number of ether oxygens (including phenoxy) is 1. The van der Waals surface area contributed by atoms with Gasteiger partial charge >= 0.3 is 0 Å². The Morgan fingerprint density at radius 1 is 1.14 bits per heavy atom. The first-order valence-electron chi connectivity index (χ1n) is 6.58. The van der Waals surface area contributed by atoms with Crippen molar-refractivity contribution in [2.75, 3.05) is 13.7 Å². The molecule has 0 radical (unpaired) electrons. The van der Waals surface area contributed by atoms with E-state index in [2.05, 4.69) is 5.32 Å². The van der Waals surface area contributed by atoms with Crippen LogP contribution >= 0.6 is 23.2 Å². The summed E-state index contributed by atoms with van der Waals surface area (Å²) < 4.78 is 19.5. The van der Waals surface area contributed by atoms with E-state index in [4.69, 9.17) is 27.9 Å². The van der Waals surface area contributed by atoms with Gasteiger partial charge in [0.1, 0.15) is 18.2 Å². The van der Waals surface area contributed by atoms with Gasteiger partial charge in [0.25, 0.3) is 0 Å². The highest BCUT2D eigenvalue weighted by molar-refractivity contribution is 6.31. The lowest BCUT2D eigenvalue weighted by atomic mass is 10.1. The zero-order valence-corrected chi connectivity index (χ0v) is 13.1. The molecule has 0 fully saturated rings. The summed E-state index contributed by atoms with van der Waals surface area (Å²) in [7, 11) is 1.81. The molecule has 0 aliphatic carbocycles. The van der Waals surface area contributed by atoms with Crippen LogP contribution in [-0.2, 0) is 6.42 Å². The first kappa shape index (κ1) is 16.1. The smallest absolute Gasteiger partial charge is 0.127 e. The number of nitrogens with one attached hydrogen (secondary N) is 1. The number of hydrogen-bond donors (Lipinski definition) is 1. The van der Waals surface area contributed by atoms with E-state index >= 15 is 0 Å². The van der Waals surface area contributed by atoms with Crippen molar-refractivity contribution in [3.05, 3.63) is 63.9 Å². The van der Waals surface area contributed by atoms with Crippen LogP contribution in [0.15, 0.2) is 42.5 Å². The summed E-state index contributed by atoms with van der Waals surface area (Å²) in [5.74, 6) is 0.425. The molecule has 2 aromatic rings. The molecular formula is C16H16Cl2FNO. The molecule has 0 saturated heterocycles. The molecule has 112 valence electrons. The van der Waals surface area contributed by atoms with Gasteiger partial charge in [-0.3, -0.25) is 0 Å². The third-order valence-corrected chi connectivity index (χ3v) is 3.79. The van der Waals surface area contributed by atoms with Crippen molar-refractivity contribution in [3.63, 3.8) is 0 Å². The van der Waals surface area contributed by atoms with Crippen LogP contribution < -0.4 is 10.1 Å². The predicted octanol–water partition coefficient (Wildman–Crippen LogP) is 4.34. The Hall–Kier alpha value is -1.29. The van der Waals surface area contributed by atoms with E-state index < -0.39 is 0 Å². The average molecular weight is 328 g/mol. The van der Waals surface area contributed by atoms with Crippen LogP contribution in [0.2, 0.25) is 10.0 Å². The molecule has 0 amide bonds. The van der Waals surface area contributed by atoms with Crippen molar-refractivity contribution in [3.8, 4) is 5.75 Å². The largest absolute Gasteiger partial charge is 0.492 e. The second kappa shape index (κ2) is 7.64. The van der Waals surface area contributed by atoms with E-state index in [0.29, 0.717) is 28.6 Å². The number of benzene rings is 2. The molecule has 1 atom stereocenters. The minimum Gasteiger partial charge on any atom is -0.492 e. The van der Waals surface area contributed by atoms with Gasteiger partial charge in [0, 0.05) is 21.7 Å². The van der Waals surface area contributed by atoms with Gasteiger partial charge in [0.2, 0.25) is 0 Å². The summed E-state index contributed by atoms with van der Waals surface area (Å²) in [6.07, 6.45) is 0.454. The molecule has 1 N–H and O–H groups in total. The lowest BCUT2D eigenvalue weighted by Gasteiger charge is -2.18. The highest BCUT2D eigenvalue weighted by Gasteiger charge is 2.14. The van der Waals surface area contributed by atoms with Gasteiger partial charge in [0.05, 0.1) is 0 Å². The SMILES string of the molecule is CNC(COc1ccc(Cl)cc1)Cc1c(F)cccc1Cl. The summed E-state index contributed by atoms with van der Waals surface area (Å²) >= 11 is 11.9. The summed E-state index contributed by atoms with van der Waals surface area (Å²) in [4.78, 5) is 0. The van der Waals surface area contributed by atoms with Gasteiger partial charge < -0.3 is 10.1 Å². The minimum absolute atomic E-state index is 0.0462. The fourth-order valence-electron chi connectivity index (χ4n) is 1.95. The molecule has 0 spiro atoms. The van der Waals surface area contributed by atoms with Gasteiger partial charge in [-0.05, 0) is 49.9 Å². The van der Waals surface area contributed by atoms with Gasteiger partial charge in [-0.15, -0.1) is 0 Å². The van der Waals surface area contributed by atoms with Crippen molar-refractivity contribution >= 4 is 23.2 Å². The fourth-order valence-corrected chi connectivity index (χ4v) is 2.31. The van der Waals surface area contributed by atoms with Crippen molar-refractivity contribution < 1.29 is 9.13 Å². The quantitative estimate of drug-likeness (QED) is 0.852. The third-order valence-electron chi connectivity index (χ3n) is 3.19. The molecule has 0 heterocycles. The molecule has 0 aromatic heterocycles. The summed E-state index contributed by atoms with van der Waals surface area (Å²) in [6.45, 7) is 0.406. The Bertz CT molecular complexity index is 569. The second-order valence-electron chi connectivity index (χ2n) is 4.65. The molecule has 2 rings (SSSR count). The minimum atomic E-state index is -0.297. The van der Waals surface area contributed by atoms with E-state index in [0.717, 1.165) is 5.75 Å². The normalized spacial score (nSPS) is 12.2. The molecule has 0 aliphatic rings. The van der Waals surface area contributed by atoms with Crippen molar-refractivity contribution in [2.24, 2.45) is 0 Å². The fraction of sp³-hybridized carbons (Fsp3) is 0.250.